The largest absolute Gasteiger partial charge is 1.00 e. The molecule has 2 rings (SSSR count). The minimum absolute atomic E-state index is 0. The Labute approximate surface area is 135 Å². The maximum Gasteiger partial charge on any atom is 0.718 e. The Morgan fingerprint density at radius 2 is 1.71 bits per heavy atom. The Bertz CT molecular complexity index is 543. The second kappa shape index (κ2) is 9.32. The molecule has 0 heterocycles. The summed E-state index contributed by atoms with van der Waals surface area (Å²) >= 11 is 1.79. The summed E-state index contributed by atoms with van der Waals surface area (Å²) in [5.74, 6) is 1.58. The second-order valence-electron chi connectivity index (χ2n) is 4.13. The Morgan fingerprint density at radius 1 is 1.05 bits per heavy atom. The number of hydrogen-bond donors (Lipinski definition) is 0. The number of thioether (sulfide) groups is 1. The van der Waals surface area contributed by atoms with E-state index in [9.17, 15) is 0 Å². The molecular formula is C16H17ClO3S. The molecule has 0 aliphatic heterocycles. The molecule has 2 aromatic carbocycles. The molecule has 5 heteroatoms. The van der Waals surface area contributed by atoms with E-state index < -0.39 is 6.16 Å². The van der Waals surface area contributed by atoms with Crippen molar-refractivity contribution in [1.82, 2.24) is 0 Å². The summed E-state index contributed by atoms with van der Waals surface area (Å²) in [4.78, 5) is 10.3. The number of hydrogen-bond acceptors (Lipinski definition) is 3. The van der Waals surface area contributed by atoms with Crippen LogP contribution >= 0.6 is 11.8 Å². The van der Waals surface area contributed by atoms with Gasteiger partial charge >= 0.3 is 6.16 Å². The summed E-state index contributed by atoms with van der Waals surface area (Å²) in [6.45, 7) is 0. The maximum absolute atomic E-state index is 9.12. The number of methoxy groups -OCH3 is 1. The third-order valence-corrected chi connectivity index (χ3v) is 3.72. The number of aryl methyl sites for hydroxylation is 1. The van der Waals surface area contributed by atoms with Gasteiger partial charge in [0.05, 0.1) is 0 Å². The van der Waals surface area contributed by atoms with Crippen molar-refractivity contribution in [3.05, 3.63) is 60.2 Å². The lowest BCUT2D eigenvalue weighted by molar-refractivity contribution is -0.00000727. The van der Waals surface area contributed by atoms with Gasteiger partial charge in [-0.1, -0.05) is 30.3 Å². The van der Waals surface area contributed by atoms with Crippen LogP contribution in [0, 0.1) is 0 Å². The van der Waals surface area contributed by atoms with Crippen molar-refractivity contribution in [2.24, 2.45) is 0 Å². The molecule has 0 saturated heterocycles. The average molecular weight is 325 g/mol. The van der Waals surface area contributed by atoms with Gasteiger partial charge in [0.1, 0.15) is 7.11 Å². The molecule has 0 unspecified atom stereocenters. The van der Waals surface area contributed by atoms with Crippen LogP contribution in [0.2, 0.25) is 0 Å². The maximum atomic E-state index is 9.12. The topological polar surface area (TPSA) is 39.9 Å². The van der Waals surface area contributed by atoms with Gasteiger partial charge in [-0.05, 0) is 24.1 Å². The molecule has 0 saturated carbocycles. The van der Waals surface area contributed by atoms with Crippen LogP contribution in [0.3, 0.4) is 0 Å². The first-order valence-electron chi connectivity index (χ1n) is 6.32. The van der Waals surface area contributed by atoms with Crippen LogP contribution in [0.5, 0.6) is 5.75 Å². The van der Waals surface area contributed by atoms with Crippen LogP contribution in [-0.4, -0.2) is 23.8 Å². The Balaban J connectivity index is 0.00000220. The van der Waals surface area contributed by atoms with Crippen molar-refractivity contribution in [2.75, 3.05) is 12.9 Å². The summed E-state index contributed by atoms with van der Waals surface area (Å²) < 4.78 is 9.58. The van der Waals surface area contributed by atoms with Crippen LogP contribution in [-0.2, 0) is 11.2 Å². The van der Waals surface area contributed by atoms with Crippen LogP contribution < -0.4 is 17.1 Å². The number of rotatable bonds is 5. The van der Waals surface area contributed by atoms with Gasteiger partial charge in [0.2, 0.25) is 5.75 Å². The molecule has 0 amide bonds. The molecule has 0 aliphatic carbocycles. The lowest BCUT2D eigenvalue weighted by Crippen LogP contribution is -3.00. The third kappa shape index (κ3) is 6.10. The van der Waals surface area contributed by atoms with E-state index in [1.807, 2.05) is 18.2 Å². The van der Waals surface area contributed by atoms with Crippen molar-refractivity contribution >= 4 is 17.9 Å². The molecule has 1 N–H and O–H groups in total. The molecule has 0 atom stereocenters. The monoisotopic (exact) mass is 324 g/mol. The van der Waals surface area contributed by atoms with E-state index >= 15 is 0 Å². The molecule has 0 bridgehead atoms. The zero-order chi connectivity index (χ0) is 14.2. The normalized spacial score (nSPS) is 9.57. The highest BCUT2D eigenvalue weighted by atomic mass is 35.5. The predicted molar refractivity (Wildman–Crippen MR) is 81.9 cm³/mol. The third-order valence-electron chi connectivity index (χ3n) is 2.71. The molecule has 0 radical (unpaired) electrons. The number of halogens is 1. The zero-order valence-corrected chi connectivity index (χ0v) is 13.2. The predicted octanol–water partition coefficient (Wildman–Crippen LogP) is 0.510. The van der Waals surface area contributed by atoms with Crippen LogP contribution in [0.1, 0.15) is 5.56 Å². The molecule has 0 spiro atoms. The highest BCUT2D eigenvalue weighted by Crippen LogP contribution is 2.22. The van der Waals surface area contributed by atoms with Crippen LogP contribution in [0.25, 0.3) is 0 Å². The van der Waals surface area contributed by atoms with Gasteiger partial charge in [-0.15, -0.1) is 11.8 Å². The Kier molecular flexibility index (Phi) is 7.72. The first-order valence-corrected chi connectivity index (χ1v) is 7.31. The Hall–Kier alpha value is -1.65. The molecule has 0 fully saturated rings. The first kappa shape index (κ1) is 17.4. The van der Waals surface area contributed by atoms with Crippen LogP contribution in [0.15, 0.2) is 59.5 Å². The van der Waals surface area contributed by atoms with Crippen molar-refractivity contribution in [1.29, 1.82) is 0 Å². The van der Waals surface area contributed by atoms with Crippen molar-refractivity contribution < 1.29 is 26.7 Å². The number of carbonyl (C=O) groups excluding carboxylic acids is 1. The lowest BCUT2D eigenvalue weighted by Gasteiger charge is -2.02. The van der Waals surface area contributed by atoms with Crippen molar-refractivity contribution in [3.8, 4) is 5.75 Å². The standard InChI is InChI=1S/C16H16O3S.ClH/c1-18-16(17)19-14-7-9-15(10-8-14)20-12-11-13-5-3-2-4-6-13;/h2-10H,11-12H2,1H3;1H. The van der Waals surface area contributed by atoms with E-state index in [0.29, 0.717) is 5.75 Å². The highest BCUT2D eigenvalue weighted by molar-refractivity contribution is 7.99. The minimum Gasteiger partial charge on any atom is -1.00 e. The highest BCUT2D eigenvalue weighted by Gasteiger charge is 2.13. The minimum atomic E-state index is -0.450. The van der Waals surface area contributed by atoms with Gasteiger partial charge in [0.15, 0.2) is 0 Å². The average Bonchev–Trinajstić information content (AvgIpc) is 2.50. The van der Waals surface area contributed by atoms with Gasteiger partial charge in [0.25, 0.3) is 0 Å². The van der Waals surface area contributed by atoms with Gasteiger partial charge in [-0.2, -0.15) is 0 Å². The number of ether oxygens (including phenoxy) is 2. The van der Waals surface area contributed by atoms with Gasteiger partial charge in [-0.3, -0.25) is 4.74 Å². The van der Waals surface area contributed by atoms with E-state index in [1.54, 1.807) is 23.9 Å². The van der Waals surface area contributed by atoms with Gasteiger partial charge < -0.3 is 21.9 Å². The van der Waals surface area contributed by atoms with Gasteiger partial charge in [-0.25, -0.2) is 0 Å². The van der Waals surface area contributed by atoms with E-state index in [-0.39, 0.29) is 12.4 Å². The summed E-state index contributed by atoms with van der Waals surface area (Å²) in [7, 11) is 1.35. The molecule has 0 aliphatic rings. The second-order valence-corrected chi connectivity index (χ2v) is 5.30. The summed E-state index contributed by atoms with van der Waals surface area (Å²) in [6, 6.07) is 18.0. The first-order chi connectivity index (χ1) is 9.78. The molecule has 0 aromatic heterocycles. The molecular weight excluding hydrogens is 308 g/mol. The molecule has 3 nitrogen and oxygen atoms in total. The fourth-order valence-corrected chi connectivity index (χ4v) is 2.58. The fourth-order valence-electron chi connectivity index (χ4n) is 1.68. The van der Waals surface area contributed by atoms with Crippen LogP contribution in [0.4, 0.5) is 0 Å². The van der Waals surface area contributed by atoms with Crippen molar-refractivity contribution in [2.45, 2.75) is 11.3 Å². The lowest BCUT2D eigenvalue weighted by atomic mass is 10.2. The summed E-state index contributed by atoms with van der Waals surface area (Å²) in [5.41, 5.74) is 1.35. The summed E-state index contributed by atoms with van der Waals surface area (Å²) in [6.07, 6.45) is 0.594. The molecule has 2 aromatic rings. The van der Waals surface area contributed by atoms with E-state index in [0.717, 1.165) is 12.2 Å². The SMILES string of the molecule is COC(=[OH+])Oc1ccc(SCCc2ccccc2)cc1.[Cl-]. The summed E-state index contributed by atoms with van der Waals surface area (Å²) in [5, 5.41) is 0. The quantitative estimate of drug-likeness (QED) is 0.348. The molecule has 112 valence electrons. The zero-order valence-electron chi connectivity index (χ0n) is 11.7. The number of benzene rings is 2. The smallest absolute Gasteiger partial charge is 0.718 e. The van der Waals surface area contributed by atoms with Gasteiger partial charge in [0, 0.05) is 22.8 Å². The van der Waals surface area contributed by atoms with E-state index in [4.69, 9.17) is 9.53 Å². The van der Waals surface area contributed by atoms with E-state index in [1.165, 1.54) is 17.6 Å². The molecule has 21 heavy (non-hydrogen) atoms. The van der Waals surface area contributed by atoms with Crippen molar-refractivity contribution in [3.63, 3.8) is 0 Å². The van der Waals surface area contributed by atoms with E-state index in [2.05, 4.69) is 29.0 Å². The Morgan fingerprint density at radius 3 is 2.33 bits per heavy atom. The fraction of sp³-hybridized carbons (Fsp3) is 0.188.